The van der Waals surface area contributed by atoms with Crippen molar-refractivity contribution in [2.75, 3.05) is 26.3 Å². The predicted molar refractivity (Wildman–Crippen MR) is 83.0 cm³/mol. The highest BCUT2D eigenvalue weighted by Crippen LogP contribution is 2.40. The van der Waals surface area contributed by atoms with Crippen LogP contribution in [-0.4, -0.2) is 44.0 Å². The van der Waals surface area contributed by atoms with E-state index in [0.717, 1.165) is 24.8 Å². The van der Waals surface area contributed by atoms with Crippen LogP contribution in [0, 0.1) is 5.41 Å². The van der Waals surface area contributed by atoms with Crippen LogP contribution < -0.4 is 0 Å². The molecule has 0 saturated carbocycles. The number of pyridine rings is 1. The van der Waals surface area contributed by atoms with E-state index in [9.17, 15) is 8.42 Å². The van der Waals surface area contributed by atoms with Gasteiger partial charge in [0, 0.05) is 42.9 Å². The summed E-state index contributed by atoms with van der Waals surface area (Å²) >= 11 is 0. The normalized spacial score (nSPS) is 26.2. The van der Waals surface area contributed by atoms with Gasteiger partial charge in [-0.2, -0.15) is 4.31 Å². The summed E-state index contributed by atoms with van der Waals surface area (Å²) in [5.74, 6) is 0. The summed E-state index contributed by atoms with van der Waals surface area (Å²) < 4.78 is 33.2. The van der Waals surface area contributed by atoms with Crippen molar-refractivity contribution < 1.29 is 13.2 Å². The zero-order valence-electron chi connectivity index (χ0n) is 12.2. The number of ether oxygens (including phenoxy) is 1. The van der Waals surface area contributed by atoms with E-state index >= 15 is 0 Å². The van der Waals surface area contributed by atoms with Crippen LogP contribution in [0.25, 0.3) is 10.8 Å². The van der Waals surface area contributed by atoms with Crippen molar-refractivity contribution in [1.29, 1.82) is 0 Å². The first-order valence-electron chi connectivity index (χ1n) is 7.52. The molecular formula is C16H18N2O3S. The van der Waals surface area contributed by atoms with Gasteiger partial charge in [-0.05, 0) is 30.4 Å². The first kappa shape index (κ1) is 14.1. The molecule has 6 heteroatoms. The first-order valence-corrected chi connectivity index (χ1v) is 8.96. The van der Waals surface area contributed by atoms with Gasteiger partial charge in [0.05, 0.1) is 11.5 Å². The van der Waals surface area contributed by atoms with Gasteiger partial charge >= 0.3 is 0 Å². The van der Waals surface area contributed by atoms with Crippen molar-refractivity contribution in [3.8, 4) is 0 Å². The molecule has 0 bridgehead atoms. The average molecular weight is 318 g/mol. The molecule has 2 aliphatic heterocycles. The Labute approximate surface area is 130 Å². The second kappa shape index (κ2) is 5.01. The zero-order chi connectivity index (χ0) is 15.2. The van der Waals surface area contributed by atoms with Gasteiger partial charge in [0.25, 0.3) is 0 Å². The summed E-state index contributed by atoms with van der Waals surface area (Å²) in [6.45, 7) is 2.55. The second-order valence-electron chi connectivity index (χ2n) is 6.24. The molecule has 2 saturated heterocycles. The Hall–Kier alpha value is -1.50. The van der Waals surface area contributed by atoms with Crippen LogP contribution in [-0.2, 0) is 14.8 Å². The van der Waals surface area contributed by atoms with Gasteiger partial charge in [0.15, 0.2) is 0 Å². The quantitative estimate of drug-likeness (QED) is 0.850. The van der Waals surface area contributed by atoms with Gasteiger partial charge in [-0.25, -0.2) is 8.42 Å². The molecule has 5 nitrogen and oxygen atoms in total. The van der Waals surface area contributed by atoms with Gasteiger partial charge in [-0.3, -0.25) is 4.98 Å². The number of nitrogens with zero attached hydrogens (tertiary/aromatic N) is 2. The van der Waals surface area contributed by atoms with E-state index in [-0.39, 0.29) is 5.41 Å². The molecule has 0 aliphatic carbocycles. The number of aromatic nitrogens is 1. The van der Waals surface area contributed by atoms with Crippen molar-refractivity contribution in [2.45, 2.75) is 17.7 Å². The van der Waals surface area contributed by atoms with Gasteiger partial charge in [0.2, 0.25) is 10.0 Å². The van der Waals surface area contributed by atoms with Crippen LogP contribution in [0.5, 0.6) is 0 Å². The van der Waals surface area contributed by atoms with Gasteiger partial charge in [0.1, 0.15) is 0 Å². The van der Waals surface area contributed by atoms with E-state index in [1.807, 2.05) is 12.1 Å². The van der Waals surface area contributed by atoms with Crippen molar-refractivity contribution >= 4 is 20.8 Å². The minimum Gasteiger partial charge on any atom is -0.381 e. The van der Waals surface area contributed by atoms with E-state index in [1.165, 1.54) is 0 Å². The molecule has 4 rings (SSSR count). The fourth-order valence-electron chi connectivity index (χ4n) is 3.52. The zero-order valence-corrected chi connectivity index (χ0v) is 13.1. The molecule has 2 aromatic rings. The number of benzene rings is 1. The van der Waals surface area contributed by atoms with E-state index in [2.05, 4.69) is 4.98 Å². The Morgan fingerprint density at radius 1 is 1.23 bits per heavy atom. The smallest absolute Gasteiger partial charge is 0.243 e. The van der Waals surface area contributed by atoms with Gasteiger partial charge in [-0.1, -0.05) is 12.1 Å². The van der Waals surface area contributed by atoms with E-state index in [0.29, 0.717) is 30.0 Å². The number of rotatable bonds is 2. The van der Waals surface area contributed by atoms with Crippen LogP contribution in [0.4, 0.5) is 0 Å². The number of hydrogen-bond donors (Lipinski definition) is 0. The third-order valence-corrected chi connectivity index (χ3v) is 6.75. The summed E-state index contributed by atoms with van der Waals surface area (Å²) in [5.41, 5.74) is 0.0237. The minimum atomic E-state index is -3.49. The molecule has 1 aromatic heterocycles. The standard InChI is InChI=1S/C16H18N2O3S/c19-22(20,18-8-5-16(11-18)6-9-21-12-16)15-3-1-2-13-4-7-17-10-14(13)15/h1-4,7,10H,5-6,8-9,11-12H2. The monoisotopic (exact) mass is 318 g/mol. The molecule has 0 radical (unpaired) electrons. The van der Waals surface area contributed by atoms with Gasteiger partial charge in [-0.15, -0.1) is 0 Å². The lowest BCUT2D eigenvalue weighted by molar-refractivity contribution is 0.157. The maximum atomic E-state index is 13.0. The number of hydrogen-bond acceptors (Lipinski definition) is 4. The largest absolute Gasteiger partial charge is 0.381 e. The molecule has 3 heterocycles. The summed E-state index contributed by atoms with van der Waals surface area (Å²) in [4.78, 5) is 4.44. The highest BCUT2D eigenvalue weighted by molar-refractivity contribution is 7.89. The highest BCUT2D eigenvalue weighted by Gasteiger charge is 2.45. The molecule has 2 aliphatic rings. The Kier molecular flexibility index (Phi) is 3.21. The molecule has 1 aromatic carbocycles. The van der Waals surface area contributed by atoms with Crippen molar-refractivity contribution in [3.05, 3.63) is 36.7 Å². The van der Waals surface area contributed by atoms with Crippen LogP contribution >= 0.6 is 0 Å². The topological polar surface area (TPSA) is 59.5 Å². The number of fused-ring (bicyclic) bond motifs is 1. The third kappa shape index (κ3) is 2.14. The Morgan fingerprint density at radius 2 is 2.14 bits per heavy atom. The summed E-state index contributed by atoms with van der Waals surface area (Å²) in [6.07, 6.45) is 5.15. The highest BCUT2D eigenvalue weighted by atomic mass is 32.2. The van der Waals surface area contributed by atoms with Gasteiger partial charge < -0.3 is 4.74 Å². The molecule has 0 amide bonds. The van der Waals surface area contributed by atoms with Crippen molar-refractivity contribution in [2.24, 2.45) is 5.41 Å². The third-order valence-electron chi connectivity index (χ3n) is 4.85. The fraction of sp³-hybridized carbons (Fsp3) is 0.438. The lowest BCUT2D eigenvalue weighted by Crippen LogP contribution is -2.32. The Morgan fingerprint density at radius 3 is 2.95 bits per heavy atom. The van der Waals surface area contributed by atoms with Crippen LogP contribution in [0.2, 0.25) is 0 Å². The van der Waals surface area contributed by atoms with Crippen LogP contribution in [0.15, 0.2) is 41.6 Å². The lowest BCUT2D eigenvalue weighted by atomic mass is 9.87. The van der Waals surface area contributed by atoms with E-state index in [1.54, 1.807) is 28.8 Å². The Balaban J connectivity index is 1.74. The number of sulfonamides is 1. The maximum absolute atomic E-state index is 13.0. The van der Waals surface area contributed by atoms with E-state index < -0.39 is 10.0 Å². The molecule has 1 spiro atoms. The summed E-state index contributed by atoms with van der Waals surface area (Å²) in [5, 5.41) is 1.59. The second-order valence-corrected chi connectivity index (χ2v) is 8.15. The average Bonchev–Trinajstić information content (AvgIpc) is 3.17. The fourth-order valence-corrected chi connectivity index (χ4v) is 5.27. The molecule has 2 fully saturated rings. The molecule has 1 unspecified atom stereocenters. The Bertz CT molecular complexity index is 808. The molecule has 1 atom stereocenters. The van der Waals surface area contributed by atoms with Crippen molar-refractivity contribution in [3.63, 3.8) is 0 Å². The lowest BCUT2D eigenvalue weighted by Gasteiger charge is -2.22. The SMILES string of the molecule is O=S(=O)(c1cccc2ccncc12)N1CCC2(CCOC2)C1. The van der Waals surface area contributed by atoms with E-state index in [4.69, 9.17) is 4.74 Å². The molecule has 22 heavy (non-hydrogen) atoms. The minimum absolute atomic E-state index is 0.0237. The molecule has 0 N–H and O–H groups in total. The van der Waals surface area contributed by atoms with Crippen LogP contribution in [0.1, 0.15) is 12.8 Å². The molecular weight excluding hydrogens is 300 g/mol. The first-order chi connectivity index (χ1) is 10.6. The summed E-state index contributed by atoms with van der Waals surface area (Å²) in [7, 11) is -3.49. The summed E-state index contributed by atoms with van der Waals surface area (Å²) in [6, 6.07) is 7.21. The molecule has 116 valence electrons. The predicted octanol–water partition coefficient (Wildman–Crippen LogP) is 2.04. The van der Waals surface area contributed by atoms with Crippen LogP contribution in [0.3, 0.4) is 0 Å². The maximum Gasteiger partial charge on any atom is 0.243 e. The van der Waals surface area contributed by atoms with Crippen molar-refractivity contribution in [1.82, 2.24) is 9.29 Å².